The summed E-state index contributed by atoms with van der Waals surface area (Å²) < 4.78 is 1.16. The molecule has 5 heteroatoms. The summed E-state index contributed by atoms with van der Waals surface area (Å²) in [5.74, 6) is -0.00465. The minimum Gasteiger partial charge on any atom is -0.350 e. The van der Waals surface area contributed by atoms with Crippen LogP contribution in [0.25, 0.3) is 16.6 Å². The van der Waals surface area contributed by atoms with E-state index >= 15 is 0 Å². The second-order valence-electron chi connectivity index (χ2n) is 9.62. The number of hydrogen-bond donors (Lipinski definition) is 1. The first-order valence-corrected chi connectivity index (χ1v) is 13.6. The number of hydrogen-bond acceptors (Lipinski definition) is 1. The molecule has 1 saturated carbocycles. The molecule has 0 radical (unpaired) electrons. The van der Waals surface area contributed by atoms with Gasteiger partial charge in [-0.2, -0.15) is 0 Å². The normalized spacial score (nSPS) is 18.9. The van der Waals surface area contributed by atoms with E-state index in [4.69, 9.17) is 11.6 Å². The zero-order chi connectivity index (χ0) is 24.1. The number of halogens is 2. The van der Waals surface area contributed by atoms with Gasteiger partial charge in [-0.15, -0.1) is 0 Å². The van der Waals surface area contributed by atoms with Crippen molar-refractivity contribution in [1.29, 1.82) is 0 Å². The van der Waals surface area contributed by atoms with Crippen LogP contribution in [0.3, 0.4) is 0 Å². The van der Waals surface area contributed by atoms with E-state index in [-0.39, 0.29) is 17.9 Å². The lowest BCUT2D eigenvalue weighted by Crippen LogP contribution is -2.37. The topological polar surface area (TPSA) is 36.1 Å². The SMILES string of the molecule is Cc1ccc(C2=C(I)C(c3ccc(Cl)cc3)c3c([nH]c4ccccc34)C(=O)N2C2CCCC2)cc1. The van der Waals surface area contributed by atoms with Crippen LogP contribution in [0.1, 0.15) is 64.3 Å². The van der Waals surface area contributed by atoms with E-state index in [1.165, 1.54) is 5.56 Å². The molecule has 4 aromatic rings. The summed E-state index contributed by atoms with van der Waals surface area (Å²) in [5.41, 5.74) is 7.23. The van der Waals surface area contributed by atoms with Crippen LogP contribution in [0.4, 0.5) is 0 Å². The molecule has 3 nitrogen and oxygen atoms in total. The molecule has 0 bridgehead atoms. The third kappa shape index (κ3) is 3.91. The quantitative estimate of drug-likeness (QED) is 0.238. The van der Waals surface area contributed by atoms with Crippen LogP contribution < -0.4 is 0 Å². The number of aromatic amines is 1. The smallest absolute Gasteiger partial charge is 0.275 e. The third-order valence-electron chi connectivity index (χ3n) is 7.41. The lowest BCUT2D eigenvalue weighted by molar-refractivity contribution is 0.0784. The maximum atomic E-state index is 14.5. The summed E-state index contributed by atoms with van der Waals surface area (Å²) >= 11 is 8.79. The van der Waals surface area contributed by atoms with Gasteiger partial charge in [-0.3, -0.25) is 4.79 Å². The molecule has 2 heterocycles. The van der Waals surface area contributed by atoms with Gasteiger partial charge in [-0.05, 0) is 71.7 Å². The molecule has 2 aliphatic rings. The summed E-state index contributed by atoms with van der Waals surface area (Å²) in [6, 6.07) is 25.2. The molecule has 176 valence electrons. The summed E-state index contributed by atoms with van der Waals surface area (Å²) in [7, 11) is 0. The van der Waals surface area contributed by atoms with Crippen molar-refractivity contribution < 1.29 is 4.79 Å². The van der Waals surface area contributed by atoms with Crippen molar-refractivity contribution in [1.82, 2.24) is 9.88 Å². The zero-order valence-electron chi connectivity index (χ0n) is 19.5. The Labute approximate surface area is 224 Å². The van der Waals surface area contributed by atoms with Gasteiger partial charge >= 0.3 is 0 Å². The maximum absolute atomic E-state index is 14.5. The van der Waals surface area contributed by atoms with Crippen molar-refractivity contribution >= 4 is 56.7 Å². The monoisotopic (exact) mass is 592 g/mol. The van der Waals surface area contributed by atoms with Gasteiger partial charge in [0, 0.05) is 37.0 Å². The van der Waals surface area contributed by atoms with Crippen LogP contribution in [-0.4, -0.2) is 21.8 Å². The minimum atomic E-state index is -0.0781. The minimum absolute atomic E-state index is 0.0734. The Bertz CT molecular complexity index is 1450. The molecule has 0 saturated heterocycles. The Balaban J connectivity index is 1.69. The molecule has 0 spiro atoms. The van der Waals surface area contributed by atoms with Crippen molar-refractivity contribution in [3.05, 3.63) is 109 Å². The lowest BCUT2D eigenvalue weighted by Gasteiger charge is -2.32. The molecule has 1 amide bonds. The van der Waals surface area contributed by atoms with Gasteiger partial charge in [0.15, 0.2) is 0 Å². The highest BCUT2D eigenvalue weighted by molar-refractivity contribution is 14.1. The van der Waals surface area contributed by atoms with E-state index in [0.717, 1.165) is 62.6 Å². The molecular formula is C30H26ClIN2O. The average molecular weight is 593 g/mol. The number of benzene rings is 3. The van der Waals surface area contributed by atoms with Gasteiger partial charge < -0.3 is 9.88 Å². The average Bonchev–Trinajstić information content (AvgIpc) is 3.51. The van der Waals surface area contributed by atoms with Gasteiger partial charge in [0.05, 0.1) is 5.70 Å². The van der Waals surface area contributed by atoms with Gasteiger partial charge in [0.1, 0.15) is 5.69 Å². The summed E-state index contributed by atoms with van der Waals surface area (Å²) in [5, 5.41) is 1.81. The molecule has 1 atom stereocenters. The second-order valence-corrected chi connectivity index (χ2v) is 11.2. The van der Waals surface area contributed by atoms with E-state index in [1.54, 1.807) is 0 Å². The zero-order valence-corrected chi connectivity index (χ0v) is 22.4. The molecule has 1 unspecified atom stereocenters. The Morgan fingerprint density at radius 2 is 1.63 bits per heavy atom. The van der Waals surface area contributed by atoms with Crippen molar-refractivity contribution in [2.24, 2.45) is 0 Å². The first-order valence-electron chi connectivity index (χ1n) is 12.2. The van der Waals surface area contributed by atoms with Crippen molar-refractivity contribution in [3.8, 4) is 0 Å². The van der Waals surface area contributed by atoms with E-state index in [0.29, 0.717) is 10.7 Å². The van der Waals surface area contributed by atoms with Gasteiger partial charge in [-0.25, -0.2) is 0 Å². The Morgan fingerprint density at radius 1 is 0.943 bits per heavy atom. The molecule has 1 aromatic heterocycles. The Morgan fingerprint density at radius 3 is 2.34 bits per heavy atom. The lowest BCUT2D eigenvalue weighted by atomic mass is 9.88. The summed E-state index contributed by atoms with van der Waals surface area (Å²) in [6.45, 7) is 2.10. The number of carbonyl (C=O) groups is 1. The molecule has 1 aliphatic heterocycles. The van der Waals surface area contributed by atoms with Gasteiger partial charge in [0.2, 0.25) is 0 Å². The predicted molar refractivity (Wildman–Crippen MR) is 152 cm³/mol. The van der Waals surface area contributed by atoms with Gasteiger partial charge in [0.25, 0.3) is 5.91 Å². The maximum Gasteiger partial charge on any atom is 0.275 e. The highest BCUT2D eigenvalue weighted by Gasteiger charge is 2.40. The predicted octanol–water partition coefficient (Wildman–Crippen LogP) is 8.46. The fourth-order valence-electron chi connectivity index (χ4n) is 5.70. The molecule has 3 aromatic carbocycles. The molecule has 6 rings (SSSR count). The number of nitrogens with zero attached hydrogens (tertiary/aromatic N) is 1. The summed E-state index contributed by atoms with van der Waals surface area (Å²) in [6.07, 6.45) is 4.39. The number of nitrogens with one attached hydrogen (secondary N) is 1. The fraction of sp³-hybridized carbons (Fsp3) is 0.233. The van der Waals surface area contributed by atoms with Crippen LogP contribution in [0.15, 0.2) is 76.4 Å². The first kappa shape index (κ1) is 22.9. The van der Waals surface area contributed by atoms with Crippen LogP contribution in [0.5, 0.6) is 0 Å². The molecule has 1 N–H and O–H groups in total. The molecule has 1 fully saturated rings. The number of amides is 1. The van der Waals surface area contributed by atoms with E-state index in [9.17, 15) is 4.79 Å². The van der Waals surface area contributed by atoms with Crippen LogP contribution >= 0.6 is 34.2 Å². The van der Waals surface area contributed by atoms with Gasteiger partial charge in [-0.1, -0.05) is 84.6 Å². The second kappa shape index (κ2) is 9.14. The van der Waals surface area contributed by atoms with Crippen LogP contribution in [-0.2, 0) is 0 Å². The highest BCUT2D eigenvalue weighted by Crippen LogP contribution is 2.49. The number of fused-ring (bicyclic) bond motifs is 3. The van der Waals surface area contributed by atoms with Crippen molar-refractivity contribution in [2.75, 3.05) is 0 Å². The number of H-pyrrole nitrogens is 1. The Hall–Kier alpha value is -2.57. The number of rotatable bonds is 3. The number of para-hydroxylation sites is 1. The number of aryl methyl sites for hydroxylation is 1. The number of carbonyl (C=O) groups excluding carboxylic acids is 1. The van der Waals surface area contributed by atoms with Crippen molar-refractivity contribution in [3.63, 3.8) is 0 Å². The van der Waals surface area contributed by atoms with E-state index in [2.05, 4.69) is 94.0 Å². The first-order chi connectivity index (χ1) is 17.0. The Kier molecular flexibility index (Phi) is 5.97. The molecule has 1 aliphatic carbocycles. The highest BCUT2D eigenvalue weighted by atomic mass is 127. The summed E-state index contributed by atoms with van der Waals surface area (Å²) in [4.78, 5) is 20.1. The molecular weight excluding hydrogens is 567 g/mol. The fourth-order valence-corrected chi connectivity index (χ4v) is 7.07. The van der Waals surface area contributed by atoms with E-state index in [1.807, 2.05) is 18.2 Å². The largest absolute Gasteiger partial charge is 0.350 e. The number of aromatic nitrogens is 1. The van der Waals surface area contributed by atoms with Crippen molar-refractivity contribution in [2.45, 2.75) is 44.6 Å². The van der Waals surface area contributed by atoms with Crippen LogP contribution in [0.2, 0.25) is 5.02 Å². The molecule has 35 heavy (non-hydrogen) atoms. The standard InChI is InChI=1S/C30H26ClIN2O/c1-18-10-12-20(13-11-18)29-27(32)25(19-14-16-21(31)17-15-19)26-23-8-4-5-9-24(23)33-28(26)30(35)34(29)22-6-2-3-7-22/h4-5,8-17,22,25,33H,2-3,6-7H2,1H3. The third-order valence-corrected chi connectivity index (χ3v) is 8.79. The number of allylic oxidation sites excluding steroid dienone is 1. The van der Waals surface area contributed by atoms with E-state index < -0.39 is 0 Å². The van der Waals surface area contributed by atoms with Crippen LogP contribution in [0, 0.1) is 6.92 Å².